The first-order valence-corrected chi connectivity index (χ1v) is 10.7. The maximum atomic E-state index is 14.0. The van der Waals surface area contributed by atoms with Gasteiger partial charge in [-0.3, -0.25) is 9.20 Å². The molecule has 2 aromatic heterocycles. The topological polar surface area (TPSA) is 75.9 Å². The van der Waals surface area contributed by atoms with Crippen molar-refractivity contribution in [3.8, 4) is 5.75 Å². The lowest BCUT2D eigenvalue weighted by molar-refractivity contribution is 0.0746. The van der Waals surface area contributed by atoms with Crippen molar-refractivity contribution in [2.75, 3.05) is 38.2 Å². The van der Waals surface area contributed by atoms with Gasteiger partial charge >= 0.3 is 0 Å². The summed E-state index contributed by atoms with van der Waals surface area (Å²) in [5.41, 5.74) is 1.48. The molecule has 1 aliphatic rings. The molecule has 1 aliphatic heterocycles. The first-order chi connectivity index (χ1) is 15.0. The molecule has 0 spiro atoms. The number of carbonyl (C=O) groups is 1. The van der Waals surface area contributed by atoms with E-state index < -0.39 is 5.82 Å². The van der Waals surface area contributed by atoms with Crippen molar-refractivity contribution in [3.05, 3.63) is 47.2 Å². The number of rotatable bonds is 6. The van der Waals surface area contributed by atoms with Crippen LogP contribution in [0.15, 0.2) is 24.3 Å². The zero-order valence-corrected chi connectivity index (χ0v) is 18.1. The Balaban J connectivity index is 1.50. The monoisotopic (exact) mass is 426 g/mol. The fourth-order valence-corrected chi connectivity index (χ4v) is 3.97. The van der Waals surface area contributed by atoms with Gasteiger partial charge < -0.3 is 14.5 Å². The van der Waals surface area contributed by atoms with Gasteiger partial charge in [0.15, 0.2) is 11.6 Å². The highest BCUT2D eigenvalue weighted by Crippen LogP contribution is 2.22. The van der Waals surface area contributed by atoms with E-state index in [9.17, 15) is 9.18 Å². The Morgan fingerprint density at radius 3 is 2.55 bits per heavy atom. The predicted octanol–water partition coefficient (Wildman–Crippen LogP) is 2.75. The van der Waals surface area contributed by atoms with Crippen molar-refractivity contribution in [3.63, 3.8) is 0 Å². The Labute approximate surface area is 180 Å². The summed E-state index contributed by atoms with van der Waals surface area (Å²) in [6, 6.07) is 6.42. The molecule has 0 atom stereocenters. The van der Waals surface area contributed by atoms with Crippen LogP contribution in [0.2, 0.25) is 0 Å². The molecule has 0 saturated carbocycles. The summed E-state index contributed by atoms with van der Waals surface area (Å²) < 4.78 is 21.0. The molecule has 1 aromatic carbocycles. The van der Waals surface area contributed by atoms with Crippen LogP contribution in [0.1, 0.15) is 42.1 Å². The second-order valence-corrected chi connectivity index (χ2v) is 7.59. The van der Waals surface area contributed by atoms with Gasteiger partial charge in [0.05, 0.1) is 7.11 Å². The summed E-state index contributed by atoms with van der Waals surface area (Å²) in [6.45, 7) is 6.58. The Morgan fingerprint density at radius 1 is 1.13 bits per heavy atom. The van der Waals surface area contributed by atoms with Crippen LogP contribution in [0.5, 0.6) is 5.75 Å². The molecule has 3 aromatic rings. The van der Waals surface area contributed by atoms with Gasteiger partial charge in [-0.25, -0.2) is 4.39 Å². The van der Waals surface area contributed by atoms with Crippen molar-refractivity contribution in [2.45, 2.75) is 33.1 Å². The fraction of sp³-hybridized carbons (Fsp3) is 0.455. The van der Waals surface area contributed by atoms with Crippen molar-refractivity contribution >= 4 is 17.5 Å². The van der Waals surface area contributed by atoms with Gasteiger partial charge in [0.2, 0.25) is 0 Å². The lowest BCUT2D eigenvalue weighted by Gasteiger charge is -2.35. The average Bonchev–Trinajstić information content (AvgIpc) is 3.22. The summed E-state index contributed by atoms with van der Waals surface area (Å²) in [6.07, 6.45) is 2.73. The molecule has 9 heteroatoms. The molecule has 164 valence electrons. The molecule has 0 bridgehead atoms. The number of aromatic nitrogens is 4. The summed E-state index contributed by atoms with van der Waals surface area (Å²) in [5.74, 6) is 1.80. The molecule has 1 fully saturated rings. The van der Waals surface area contributed by atoms with Crippen LogP contribution in [0.25, 0.3) is 5.78 Å². The van der Waals surface area contributed by atoms with E-state index in [0.29, 0.717) is 37.5 Å². The second-order valence-electron chi connectivity index (χ2n) is 7.59. The van der Waals surface area contributed by atoms with Crippen molar-refractivity contribution in [1.82, 2.24) is 24.5 Å². The maximum Gasteiger partial charge on any atom is 0.257 e. The minimum absolute atomic E-state index is 0.130. The van der Waals surface area contributed by atoms with Gasteiger partial charge in [0, 0.05) is 49.9 Å². The van der Waals surface area contributed by atoms with E-state index in [4.69, 9.17) is 9.72 Å². The molecule has 3 heterocycles. The summed E-state index contributed by atoms with van der Waals surface area (Å²) in [7, 11) is 1.40. The molecule has 4 rings (SSSR count). The van der Waals surface area contributed by atoms with Gasteiger partial charge in [-0.1, -0.05) is 20.3 Å². The smallest absolute Gasteiger partial charge is 0.257 e. The number of aryl methyl sites for hydroxylation is 2. The molecule has 0 N–H and O–H groups in total. The molecule has 1 amide bonds. The SMILES string of the molecule is CCCc1cc(N2CCN(C(=O)c3ccc(OC)c(F)c3)CC2)nc2nnc(CC)n12. The van der Waals surface area contributed by atoms with Crippen LogP contribution >= 0.6 is 0 Å². The summed E-state index contributed by atoms with van der Waals surface area (Å²) in [5, 5.41) is 8.53. The number of nitrogens with zero attached hydrogens (tertiary/aromatic N) is 6. The van der Waals surface area contributed by atoms with Crippen LogP contribution in [-0.4, -0.2) is 63.7 Å². The number of fused-ring (bicyclic) bond motifs is 1. The largest absolute Gasteiger partial charge is 0.494 e. The van der Waals surface area contributed by atoms with E-state index in [0.717, 1.165) is 36.6 Å². The minimum atomic E-state index is -0.535. The summed E-state index contributed by atoms with van der Waals surface area (Å²) in [4.78, 5) is 21.4. The zero-order chi connectivity index (χ0) is 22.0. The van der Waals surface area contributed by atoms with E-state index in [2.05, 4.69) is 35.0 Å². The minimum Gasteiger partial charge on any atom is -0.494 e. The number of piperazine rings is 1. The lowest BCUT2D eigenvalue weighted by atomic mass is 10.1. The third-order valence-corrected chi connectivity index (χ3v) is 5.62. The average molecular weight is 426 g/mol. The predicted molar refractivity (Wildman–Crippen MR) is 115 cm³/mol. The van der Waals surface area contributed by atoms with Gasteiger partial charge in [-0.05, 0) is 24.6 Å². The molecule has 0 radical (unpaired) electrons. The summed E-state index contributed by atoms with van der Waals surface area (Å²) >= 11 is 0. The number of benzene rings is 1. The first-order valence-electron chi connectivity index (χ1n) is 10.7. The van der Waals surface area contributed by atoms with Gasteiger partial charge in [-0.15, -0.1) is 10.2 Å². The maximum absolute atomic E-state index is 14.0. The number of carbonyl (C=O) groups excluding carboxylic acids is 1. The molecule has 1 saturated heterocycles. The highest BCUT2D eigenvalue weighted by Gasteiger charge is 2.25. The van der Waals surface area contributed by atoms with Crippen LogP contribution < -0.4 is 9.64 Å². The molecule has 0 unspecified atom stereocenters. The fourth-order valence-electron chi connectivity index (χ4n) is 3.97. The van der Waals surface area contributed by atoms with Crippen LogP contribution in [-0.2, 0) is 12.8 Å². The van der Waals surface area contributed by atoms with E-state index in [-0.39, 0.29) is 11.7 Å². The van der Waals surface area contributed by atoms with Crippen LogP contribution in [0.4, 0.5) is 10.2 Å². The Hall–Kier alpha value is -3.23. The van der Waals surface area contributed by atoms with Crippen molar-refractivity contribution in [2.24, 2.45) is 0 Å². The quantitative estimate of drug-likeness (QED) is 0.603. The van der Waals surface area contributed by atoms with Crippen molar-refractivity contribution < 1.29 is 13.9 Å². The highest BCUT2D eigenvalue weighted by molar-refractivity contribution is 5.94. The van der Waals surface area contributed by atoms with E-state index in [1.807, 2.05) is 4.40 Å². The van der Waals surface area contributed by atoms with Gasteiger partial charge in [0.1, 0.15) is 11.6 Å². The van der Waals surface area contributed by atoms with E-state index >= 15 is 0 Å². The van der Waals surface area contributed by atoms with Crippen molar-refractivity contribution in [1.29, 1.82) is 0 Å². The first kappa shape index (κ1) is 21.0. The molecule has 8 nitrogen and oxygen atoms in total. The highest BCUT2D eigenvalue weighted by atomic mass is 19.1. The number of halogens is 1. The van der Waals surface area contributed by atoms with Crippen LogP contribution in [0.3, 0.4) is 0 Å². The molecule has 0 aliphatic carbocycles. The Morgan fingerprint density at radius 2 is 1.90 bits per heavy atom. The molecular weight excluding hydrogens is 399 g/mol. The second kappa shape index (κ2) is 8.87. The number of hydrogen-bond donors (Lipinski definition) is 0. The lowest BCUT2D eigenvalue weighted by Crippen LogP contribution is -2.49. The van der Waals surface area contributed by atoms with Crippen LogP contribution in [0, 0.1) is 5.82 Å². The van der Waals surface area contributed by atoms with E-state index in [1.54, 1.807) is 11.0 Å². The number of methoxy groups -OCH3 is 1. The van der Waals surface area contributed by atoms with Gasteiger partial charge in [-0.2, -0.15) is 4.98 Å². The molecular formula is C22H27FN6O2. The number of ether oxygens (including phenoxy) is 1. The Kier molecular flexibility index (Phi) is 6.01. The van der Waals surface area contributed by atoms with E-state index in [1.165, 1.54) is 19.2 Å². The third-order valence-electron chi connectivity index (χ3n) is 5.62. The zero-order valence-electron chi connectivity index (χ0n) is 18.1. The molecule has 31 heavy (non-hydrogen) atoms. The number of amides is 1. The van der Waals surface area contributed by atoms with Gasteiger partial charge in [0.25, 0.3) is 11.7 Å². The standard InChI is InChI=1S/C22H27FN6O2/c1-4-6-16-14-20(24-22-26-25-19(5-2)29(16)22)27-9-11-28(12-10-27)21(30)15-7-8-18(31-3)17(23)13-15/h7-8,13-14H,4-6,9-12H2,1-3H3. The Bertz CT molecular complexity index is 1090. The number of hydrogen-bond acceptors (Lipinski definition) is 6. The number of anilines is 1. The normalized spacial score (nSPS) is 14.3. The third kappa shape index (κ3) is 4.04.